The van der Waals surface area contributed by atoms with E-state index in [9.17, 15) is 14.0 Å². The van der Waals surface area contributed by atoms with Gasteiger partial charge in [0.25, 0.3) is 5.91 Å². The lowest BCUT2D eigenvalue weighted by atomic mass is 10.1. The number of nitrogens with one attached hydrogen (secondary N) is 3. The summed E-state index contributed by atoms with van der Waals surface area (Å²) in [7, 11) is 4.72. The first kappa shape index (κ1) is 27.0. The normalized spacial score (nSPS) is 10.4. The molecule has 5 N–H and O–H groups in total. The Bertz CT molecular complexity index is 1300. The quantitative estimate of drug-likeness (QED) is 0.246. The maximum Gasteiger partial charge on any atom is 0.251 e. The number of likely N-dealkylation sites (N-methyl/N-ethyl adjacent to an activating group) is 1. The SMILES string of the molecule is COc1cc(C(=O)NCc2ccc(C(=N)N)cc2N(C)CC(=O)Nc2ccccc2F)cc(OC)c1C. The van der Waals surface area contributed by atoms with Crippen LogP contribution >= 0.6 is 0 Å². The van der Waals surface area contributed by atoms with Crippen LogP contribution in [0.5, 0.6) is 11.5 Å². The van der Waals surface area contributed by atoms with Gasteiger partial charge in [-0.3, -0.25) is 15.0 Å². The number of rotatable bonds is 10. The number of nitrogens with zero attached hydrogens (tertiary/aromatic N) is 1. The second-order valence-corrected chi connectivity index (χ2v) is 8.33. The predicted molar refractivity (Wildman–Crippen MR) is 141 cm³/mol. The van der Waals surface area contributed by atoms with Crippen LogP contribution in [0.15, 0.2) is 54.6 Å². The van der Waals surface area contributed by atoms with E-state index >= 15 is 0 Å². The molecule has 2 amide bonds. The number of hydrogen-bond acceptors (Lipinski definition) is 6. The molecule has 0 radical (unpaired) electrons. The minimum absolute atomic E-state index is 0.0785. The number of hydrogen-bond donors (Lipinski definition) is 4. The molecule has 0 aromatic heterocycles. The van der Waals surface area contributed by atoms with E-state index in [0.29, 0.717) is 33.9 Å². The molecule has 3 aromatic rings. The number of carbonyl (C=O) groups is 2. The van der Waals surface area contributed by atoms with Crippen LogP contribution in [0.2, 0.25) is 0 Å². The topological polar surface area (TPSA) is 130 Å². The van der Waals surface area contributed by atoms with E-state index in [2.05, 4.69) is 10.6 Å². The molecule has 0 atom stereocenters. The first-order chi connectivity index (χ1) is 17.6. The summed E-state index contributed by atoms with van der Waals surface area (Å²) in [5.41, 5.74) is 8.61. The van der Waals surface area contributed by atoms with Gasteiger partial charge < -0.3 is 30.7 Å². The van der Waals surface area contributed by atoms with Crippen LogP contribution in [0.1, 0.15) is 27.0 Å². The predicted octanol–water partition coefficient (Wildman–Crippen LogP) is 3.44. The van der Waals surface area contributed by atoms with Crippen molar-refractivity contribution < 1.29 is 23.5 Å². The molecule has 9 nitrogen and oxygen atoms in total. The second kappa shape index (κ2) is 11.9. The van der Waals surface area contributed by atoms with Gasteiger partial charge >= 0.3 is 0 Å². The van der Waals surface area contributed by atoms with Gasteiger partial charge in [0.2, 0.25) is 5.91 Å². The summed E-state index contributed by atoms with van der Waals surface area (Å²) < 4.78 is 24.6. The zero-order valence-electron chi connectivity index (χ0n) is 21.1. The third-order valence-electron chi connectivity index (χ3n) is 5.79. The van der Waals surface area contributed by atoms with Crippen molar-refractivity contribution in [1.82, 2.24) is 5.32 Å². The molecule has 0 bridgehead atoms. The highest BCUT2D eigenvalue weighted by Gasteiger charge is 2.17. The lowest BCUT2D eigenvalue weighted by molar-refractivity contribution is -0.114. The van der Waals surface area contributed by atoms with Crippen molar-refractivity contribution >= 4 is 29.0 Å². The average molecular weight is 508 g/mol. The smallest absolute Gasteiger partial charge is 0.251 e. The Morgan fingerprint density at radius 1 is 1.03 bits per heavy atom. The number of carbonyl (C=O) groups excluding carboxylic acids is 2. The molecule has 0 spiro atoms. The van der Waals surface area contributed by atoms with Gasteiger partial charge in [0.05, 0.1) is 26.5 Å². The van der Waals surface area contributed by atoms with E-state index in [1.807, 2.05) is 6.92 Å². The van der Waals surface area contributed by atoms with Crippen molar-refractivity contribution in [2.45, 2.75) is 13.5 Å². The minimum Gasteiger partial charge on any atom is -0.496 e. The molecular formula is C27H30FN5O4. The highest BCUT2D eigenvalue weighted by Crippen LogP contribution is 2.29. The summed E-state index contributed by atoms with van der Waals surface area (Å²) >= 11 is 0. The first-order valence-corrected chi connectivity index (χ1v) is 11.4. The van der Waals surface area contributed by atoms with Gasteiger partial charge in [-0.2, -0.15) is 0 Å². The fourth-order valence-corrected chi connectivity index (χ4v) is 3.78. The molecule has 10 heteroatoms. The van der Waals surface area contributed by atoms with Gasteiger partial charge in [-0.05, 0) is 42.8 Å². The van der Waals surface area contributed by atoms with Crippen molar-refractivity contribution in [2.24, 2.45) is 5.73 Å². The lowest BCUT2D eigenvalue weighted by Crippen LogP contribution is -2.32. The molecule has 3 aromatic carbocycles. The second-order valence-electron chi connectivity index (χ2n) is 8.33. The van der Waals surface area contributed by atoms with E-state index in [1.165, 1.54) is 32.4 Å². The van der Waals surface area contributed by atoms with Crippen molar-refractivity contribution in [3.8, 4) is 11.5 Å². The van der Waals surface area contributed by atoms with Crippen molar-refractivity contribution in [3.05, 3.63) is 82.7 Å². The highest BCUT2D eigenvalue weighted by atomic mass is 19.1. The number of halogens is 1. The summed E-state index contributed by atoms with van der Waals surface area (Å²) in [6, 6.07) is 14.2. The van der Waals surface area contributed by atoms with Crippen LogP contribution in [0.25, 0.3) is 0 Å². The molecule has 3 rings (SSSR count). The molecule has 0 saturated heterocycles. The van der Waals surface area contributed by atoms with E-state index in [-0.39, 0.29) is 30.5 Å². The fraction of sp³-hybridized carbons (Fsp3) is 0.222. The Kier molecular flexibility index (Phi) is 8.68. The van der Waals surface area contributed by atoms with Gasteiger partial charge in [0, 0.05) is 36.0 Å². The Morgan fingerprint density at radius 3 is 2.27 bits per heavy atom. The molecule has 0 aliphatic rings. The molecule has 0 unspecified atom stereocenters. The van der Waals surface area contributed by atoms with E-state index < -0.39 is 11.7 Å². The standard InChI is InChI=1S/C27H30FN5O4/c1-16-23(36-3)12-19(13-24(16)37-4)27(35)31-14-18-10-9-17(26(29)30)11-22(18)33(2)15-25(34)32-21-8-6-5-7-20(21)28/h5-13H,14-15H2,1-4H3,(H3,29,30)(H,31,35)(H,32,34). The Balaban J connectivity index is 1.80. The summed E-state index contributed by atoms with van der Waals surface area (Å²) in [6.45, 7) is 1.85. The molecular weight excluding hydrogens is 477 g/mol. The lowest BCUT2D eigenvalue weighted by Gasteiger charge is -2.23. The Hall–Kier alpha value is -4.60. The number of amidine groups is 1. The van der Waals surface area contributed by atoms with Crippen molar-refractivity contribution in [3.63, 3.8) is 0 Å². The summed E-state index contributed by atoms with van der Waals surface area (Å²) in [6.07, 6.45) is 0. The van der Waals surface area contributed by atoms with Crippen molar-refractivity contribution in [2.75, 3.05) is 38.0 Å². The summed E-state index contributed by atoms with van der Waals surface area (Å²) in [5, 5.41) is 13.2. The number of amides is 2. The van der Waals surface area contributed by atoms with Crippen LogP contribution in [0, 0.1) is 18.2 Å². The van der Waals surface area contributed by atoms with E-state index in [4.69, 9.17) is 20.6 Å². The number of nitrogen functional groups attached to an aromatic ring is 1. The molecule has 0 saturated carbocycles. The van der Waals surface area contributed by atoms with Gasteiger partial charge in [0.15, 0.2) is 0 Å². The van der Waals surface area contributed by atoms with Crippen LogP contribution in [0.4, 0.5) is 15.8 Å². The molecule has 0 aliphatic carbocycles. The number of methoxy groups -OCH3 is 2. The Morgan fingerprint density at radius 2 is 1.68 bits per heavy atom. The molecule has 0 aliphatic heterocycles. The Labute approximate surface area is 214 Å². The van der Waals surface area contributed by atoms with Gasteiger partial charge in [0.1, 0.15) is 23.2 Å². The summed E-state index contributed by atoms with van der Waals surface area (Å²) in [4.78, 5) is 27.2. The van der Waals surface area contributed by atoms with E-state index in [1.54, 1.807) is 48.3 Å². The number of para-hydroxylation sites is 1. The highest BCUT2D eigenvalue weighted by molar-refractivity contribution is 5.98. The first-order valence-electron chi connectivity index (χ1n) is 11.4. The van der Waals surface area contributed by atoms with Crippen molar-refractivity contribution in [1.29, 1.82) is 5.41 Å². The fourth-order valence-electron chi connectivity index (χ4n) is 3.78. The number of ether oxygens (including phenoxy) is 2. The van der Waals surface area contributed by atoms with Gasteiger partial charge in [-0.25, -0.2) is 4.39 Å². The maximum atomic E-state index is 13.9. The zero-order valence-corrected chi connectivity index (χ0v) is 21.1. The molecule has 37 heavy (non-hydrogen) atoms. The monoisotopic (exact) mass is 507 g/mol. The molecule has 194 valence electrons. The van der Waals surface area contributed by atoms with Crippen LogP contribution in [-0.2, 0) is 11.3 Å². The number of anilines is 2. The summed E-state index contributed by atoms with van der Waals surface area (Å²) in [5.74, 6) is -0.411. The van der Waals surface area contributed by atoms with Gasteiger partial charge in [-0.1, -0.05) is 24.3 Å². The van der Waals surface area contributed by atoms with Crippen LogP contribution in [0.3, 0.4) is 0 Å². The third-order valence-corrected chi connectivity index (χ3v) is 5.79. The largest absolute Gasteiger partial charge is 0.496 e. The zero-order chi connectivity index (χ0) is 27.1. The van der Waals surface area contributed by atoms with Crippen LogP contribution < -0.4 is 30.7 Å². The average Bonchev–Trinajstić information content (AvgIpc) is 2.88. The maximum absolute atomic E-state index is 13.9. The molecule has 0 heterocycles. The van der Waals surface area contributed by atoms with Crippen LogP contribution in [-0.4, -0.2) is 45.5 Å². The van der Waals surface area contributed by atoms with Gasteiger partial charge in [-0.15, -0.1) is 0 Å². The minimum atomic E-state index is -0.537. The number of benzene rings is 3. The van der Waals surface area contributed by atoms with E-state index in [0.717, 1.165) is 5.56 Å². The number of nitrogens with two attached hydrogens (primary N) is 1. The third kappa shape index (κ3) is 6.54. The molecule has 0 fully saturated rings.